The van der Waals surface area contributed by atoms with E-state index in [-0.39, 0.29) is 18.2 Å². The zero-order valence-corrected chi connectivity index (χ0v) is 14.7. The Bertz CT molecular complexity index is 600. The first-order valence-corrected chi connectivity index (χ1v) is 9.16. The van der Waals surface area contributed by atoms with E-state index in [1.807, 2.05) is 17.0 Å². The Morgan fingerprint density at radius 3 is 2.64 bits per heavy atom. The Kier molecular flexibility index (Phi) is 4.81. The van der Waals surface area contributed by atoms with E-state index in [1.165, 1.54) is 5.56 Å². The molecule has 4 rings (SSSR count). The van der Waals surface area contributed by atoms with E-state index in [2.05, 4.69) is 17.0 Å². The highest BCUT2D eigenvalue weighted by Gasteiger charge is 2.48. The largest absolute Gasteiger partial charge is 0.497 e. The van der Waals surface area contributed by atoms with Crippen molar-refractivity contribution in [3.8, 4) is 5.75 Å². The third-order valence-corrected chi connectivity index (χ3v) is 5.66. The summed E-state index contributed by atoms with van der Waals surface area (Å²) >= 11 is 0. The average Bonchev–Trinajstić information content (AvgIpc) is 3.18. The van der Waals surface area contributed by atoms with E-state index in [0.717, 1.165) is 51.3 Å². The van der Waals surface area contributed by atoms with Crippen LogP contribution in [0.2, 0.25) is 0 Å². The van der Waals surface area contributed by atoms with Crippen molar-refractivity contribution < 1.29 is 19.0 Å². The molecular weight excluding hydrogens is 320 g/mol. The quantitative estimate of drug-likeness (QED) is 0.815. The third kappa shape index (κ3) is 3.46. The van der Waals surface area contributed by atoms with Gasteiger partial charge < -0.3 is 14.2 Å². The van der Waals surface area contributed by atoms with Gasteiger partial charge in [0.2, 0.25) is 0 Å². The van der Waals surface area contributed by atoms with Crippen molar-refractivity contribution in [3.63, 3.8) is 0 Å². The van der Waals surface area contributed by atoms with Gasteiger partial charge in [0.15, 0.2) is 0 Å². The fourth-order valence-electron chi connectivity index (χ4n) is 4.18. The minimum atomic E-state index is -0.157. The van der Waals surface area contributed by atoms with Gasteiger partial charge in [-0.25, -0.2) is 4.79 Å². The molecular formula is C19H26N2O4. The smallest absolute Gasteiger partial charge is 0.410 e. The molecule has 3 aliphatic heterocycles. The van der Waals surface area contributed by atoms with E-state index in [1.54, 1.807) is 7.11 Å². The number of benzene rings is 1. The second kappa shape index (κ2) is 7.22. The summed E-state index contributed by atoms with van der Waals surface area (Å²) in [4.78, 5) is 16.7. The summed E-state index contributed by atoms with van der Waals surface area (Å²) in [7, 11) is 1.67. The van der Waals surface area contributed by atoms with Crippen LogP contribution in [0.3, 0.4) is 0 Å². The lowest BCUT2D eigenvalue weighted by Gasteiger charge is -2.32. The summed E-state index contributed by atoms with van der Waals surface area (Å²) in [5.41, 5.74) is 1.20. The highest BCUT2D eigenvalue weighted by molar-refractivity contribution is 5.71. The number of hydrogen-bond acceptors (Lipinski definition) is 5. The van der Waals surface area contributed by atoms with Crippen LogP contribution in [0.25, 0.3) is 0 Å². The van der Waals surface area contributed by atoms with Gasteiger partial charge in [0.1, 0.15) is 11.9 Å². The molecule has 3 fully saturated rings. The van der Waals surface area contributed by atoms with Crippen molar-refractivity contribution in [2.75, 3.05) is 40.0 Å². The van der Waals surface area contributed by atoms with Crippen LogP contribution in [0.5, 0.6) is 5.75 Å². The second-order valence-electron chi connectivity index (χ2n) is 7.08. The van der Waals surface area contributed by atoms with Gasteiger partial charge in [-0.05, 0) is 37.0 Å². The molecule has 6 heteroatoms. The van der Waals surface area contributed by atoms with E-state index >= 15 is 0 Å². The predicted octanol–water partition coefficient (Wildman–Crippen LogP) is 1.92. The molecule has 1 aromatic carbocycles. The van der Waals surface area contributed by atoms with Gasteiger partial charge in [-0.2, -0.15) is 0 Å². The number of ether oxygens (including phenoxy) is 3. The summed E-state index contributed by atoms with van der Waals surface area (Å²) in [5.74, 6) is 0.854. The molecule has 0 N–H and O–H groups in total. The molecule has 0 saturated carbocycles. The molecule has 3 saturated heterocycles. The van der Waals surface area contributed by atoms with Crippen LogP contribution in [-0.2, 0) is 15.9 Å². The lowest BCUT2D eigenvalue weighted by atomic mass is 10.1. The molecule has 0 radical (unpaired) electrons. The van der Waals surface area contributed by atoms with Crippen molar-refractivity contribution >= 4 is 6.09 Å². The summed E-state index contributed by atoms with van der Waals surface area (Å²) in [6.45, 7) is 4.17. The van der Waals surface area contributed by atoms with Gasteiger partial charge in [-0.1, -0.05) is 12.1 Å². The Morgan fingerprint density at radius 1 is 1.16 bits per heavy atom. The SMILES string of the molecule is COc1ccc(CCN2C(=O)O[C@H]3CN(C4CCOCC4)C[C@H]32)cc1. The van der Waals surface area contributed by atoms with Crippen LogP contribution in [0.4, 0.5) is 4.79 Å². The normalized spacial score (nSPS) is 27.4. The van der Waals surface area contributed by atoms with Crippen molar-refractivity contribution in [1.29, 1.82) is 0 Å². The molecule has 6 nitrogen and oxygen atoms in total. The second-order valence-corrected chi connectivity index (χ2v) is 7.08. The first-order valence-electron chi connectivity index (χ1n) is 9.16. The third-order valence-electron chi connectivity index (χ3n) is 5.66. The maximum Gasteiger partial charge on any atom is 0.410 e. The zero-order valence-electron chi connectivity index (χ0n) is 14.7. The van der Waals surface area contributed by atoms with Gasteiger partial charge in [0, 0.05) is 38.9 Å². The van der Waals surface area contributed by atoms with E-state index in [0.29, 0.717) is 12.6 Å². The molecule has 0 aliphatic carbocycles. The Morgan fingerprint density at radius 2 is 1.92 bits per heavy atom. The van der Waals surface area contributed by atoms with Crippen LogP contribution in [-0.4, -0.2) is 74.0 Å². The lowest BCUT2D eigenvalue weighted by molar-refractivity contribution is 0.0333. The lowest BCUT2D eigenvalue weighted by Crippen LogP contribution is -2.43. The molecule has 0 unspecified atom stereocenters. The zero-order chi connectivity index (χ0) is 17.2. The molecule has 0 aromatic heterocycles. The first kappa shape index (κ1) is 16.7. The molecule has 136 valence electrons. The molecule has 3 aliphatic rings. The van der Waals surface area contributed by atoms with Crippen LogP contribution in [0.15, 0.2) is 24.3 Å². The van der Waals surface area contributed by atoms with Crippen LogP contribution in [0.1, 0.15) is 18.4 Å². The van der Waals surface area contributed by atoms with Gasteiger partial charge in [0.25, 0.3) is 0 Å². The fourth-order valence-corrected chi connectivity index (χ4v) is 4.18. The average molecular weight is 346 g/mol. The number of methoxy groups -OCH3 is 1. The van der Waals surface area contributed by atoms with Crippen molar-refractivity contribution in [2.45, 2.75) is 37.5 Å². The number of hydrogen-bond donors (Lipinski definition) is 0. The first-order chi connectivity index (χ1) is 12.2. The molecule has 0 spiro atoms. The molecule has 25 heavy (non-hydrogen) atoms. The van der Waals surface area contributed by atoms with Gasteiger partial charge in [-0.3, -0.25) is 9.80 Å². The summed E-state index contributed by atoms with van der Waals surface area (Å²) in [6.07, 6.45) is 2.86. The minimum absolute atomic E-state index is 0.0196. The maximum absolute atomic E-state index is 12.2. The van der Waals surface area contributed by atoms with Gasteiger partial charge in [-0.15, -0.1) is 0 Å². The fraction of sp³-hybridized carbons (Fsp3) is 0.632. The van der Waals surface area contributed by atoms with Crippen LogP contribution in [0, 0.1) is 0 Å². The number of nitrogens with zero attached hydrogens (tertiary/aromatic N) is 2. The number of rotatable bonds is 5. The topological polar surface area (TPSA) is 51.2 Å². The highest BCUT2D eigenvalue weighted by atomic mass is 16.6. The van der Waals surface area contributed by atoms with Crippen molar-refractivity contribution in [1.82, 2.24) is 9.80 Å². The highest BCUT2D eigenvalue weighted by Crippen LogP contribution is 2.30. The number of fused-ring (bicyclic) bond motifs is 1. The predicted molar refractivity (Wildman–Crippen MR) is 92.9 cm³/mol. The van der Waals surface area contributed by atoms with Crippen LogP contribution >= 0.6 is 0 Å². The summed E-state index contributed by atoms with van der Waals surface area (Å²) in [6, 6.07) is 8.79. The Balaban J connectivity index is 1.35. The molecule has 2 atom stereocenters. The molecule has 3 heterocycles. The Hall–Kier alpha value is -1.79. The molecule has 0 bridgehead atoms. The molecule has 1 amide bonds. The monoisotopic (exact) mass is 346 g/mol. The summed E-state index contributed by atoms with van der Waals surface area (Å²) in [5, 5.41) is 0. The van der Waals surface area contributed by atoms with Crippen LogP contribution < -0.4 is 4.74 Å². The van der Waals surface area contributed by atoms with Crippen molar-refractivity contribution in [2.24, 2.45) is 0 Å². The summed E-state index contributed by atoms with van der Waals surface area (Å²) < 4.78 is 16.3. The number of carbonyl (C=O) groups excluding carboxylic acids is 1. The Labute approximate surface area is 148 Å². The number of carbonyl (C=O) groups is 1. The standard InChI is InChI=1S/C19H26N2O4/c1-23-16-4-2-14(3-5-16)6-9-21-17-12-20(13-18(17)25-19(21)22)15-7-10-24-11-8-15/h2-5,15,17-18H,6-13H2,1H3/t17-,18+/m1/s1. The minimum Gasteiger partial charge on any atom is -0.497 e. The van der Waals surface area contributed by atoms with Gasteiger partial charge >= 0.3 is 6.09 Å². The number of amides is 1. The van der Waals surface area contributed by atoms with E-state index in [9.17, 15) is 4.79 Å². The maximum atomic E-state index is 12.2. The number of likely N-dealkylation sites (tertiary alicyclic amines) is 1. The van der Waals surface area contributed by atoms with E-state index < -0.39 is 0 Å². The van der Waals surface area contributed by atoms with Gasteiger partial charge in [0.05, 0.1) is 13.2 Å². The molecule has 1 aromatic rings. The van der Waals surface area contributed by atoms with Crippen molar-refractivity contribution in [3.05, 3.63) is 29.8 Å². The van der Waals surface area contributed by atoms with E-state index in [4.69, 9.17) is 14.2 Å².